The monoisotopic (exact) mass is 403 g/mol. The minimum absolute atomic E-state index is 0.160. The molecule has 0 aliphatic heterocycles. The predicted molar refractivity (Wildman–Crippen MR) is 106 cm³/mol. The molecule has 0 radical (unpaired) electrons. The van der Waals surface area contributed by atoms with Crippen LogP contribution in [0.25, 0.3) is 0 Å². The molecular formula is C19H21N3O5S. The van der Waals surface area contributed by atoms with Crippen molar-refractivity contribution < 1.29 is 22.7 Å². The molecule has 0 aromatic heterocycles. The van der Waals surface area contributed by atoms with E-state index in [9.17, 15) is 18.0 Å². The first-order valence-electron chi connectivity index (χ1n) is 8.29. The lowest BCUT2D eigenvalue weighted by molar-refractivity contribution is -0.119. The second-order valence-corrected chi connectivity index (χ2v) is 7.61. The van der Waals surface area contributed by atoms with Gasteiger partial charge in [0.2, 0.25) is 10.0 Å². The molecule has 2 aromatic carbocycles. The summed E-state index contributed by atoms with van der Waals surface area (Å²) in [5.41, 5.74) is 6.35. The van der Waals surface area contributed by atoms with Crippen molar-refractivity contribution in [3.05, 3.63) is 72.3 Å². The highest BCUT2D eigenvalue weighted by Crippen LogP contribution is 2.20. The first-order chi connectivity index (χ1) is 13.3. The van der Waals surface area contributed by atoms with E-state index in [0.29, 0.717) is 11.3 Å². The van der Waals surface area contributed by atoms with Crippen LogP contribution in [0.5, 0.6) is 5.75 Å². The van der Waals surface area contributed by atoms with Gasteiger partial charge in [-0.05, 0) is 29.8 Å². The Morgan fingerprint density at radius 2 is 1.79 bits per heavy atom. The van der Waals surface area contributed by atoms with Crippen molar-refractivity contribution in [2.24, 2.45) is 5.73 Å². The van der Waals surface area contributed by atoms with Crippen LogP contribution in [0.1, 0.15) is 15.9 Å². The Balaban J connectivity index is 2.05. The summed E-state index contributed by atoms with van der Waals surface area (Å²) >= 11 is 0. The van der Waals surface area contributed by atoms with Gasteiger partial charge in [-0.15, -0.1) is 6.58 Å². The third kappa shape index (κ3) is 6.53. The van der Waals surface area contributed by atoms with E-state index in [2.05, 4.69) is 16.6 Å². The largest absolute Gasteiger partial charge is 0.483 e. The number of hydrogen-bond acceptors (Lipinski definition) is 5. The summed E-state index contributed by atoms with van der Waals surface area (Å²) in [5.74, 6) is -1.04. The summed E-state index contributed by atoms with van der Waals surface area (Å²) in [6, 6.07) is 12.9. The molecule has 0 heterocycles. The van der Waals surface area contributed by atoms with Gasteiger partial charge in [0, 0.05) is 12.2 Å². The van der Waals surface area contributed by atoms with Crippen LogP contribution in [0.3, 0.4) is 0 Å². The Morgan fingerprint density at radius 3 is 2.43 bits per heavy atom. The number of benzene rings is 2. The summed E-state index contributed by atoms with van der Waals surface area (Å²) in [6.45, 7) is 3.28. The summed E-state index contributed by atoms with van der Waals surface area (Å²) in [5, 5.41) is 2.70. The van der Waals surface area contributed by atoms with Crippen molar-refractivity contribution in [1.82, 2.24) is 4.72 Å². The number of amides is 2. The molecule has 0 atom stereocenters. The minimum Gasteiger partial charge on any atom is -0.483 e. The lowest BCUT2D eigenvalue weighted by atomic mass is 10.1. The molecule has 0 spiro atoms. The number of anilines is 1. The van der Waals surface area contributed by atoms with Crippen molar-refractivity contribution in [1.29, 1.82) is 0 Å². The molecule has 0 unspecified atom stereocenters. The number of hydrogen-bond donors (Lipinski definition) is 3. The Bertz CT molecular complexity index is 956. The molecule has 148 valence electrons. The van der Waals surface area contributed by atoms with Gasteiger partial charge in [-0.3, -0.25) is 9.59 Å². The van der Waals surface area contributed by atoms with Crippen LogP contribution >= 0.6 is 0 Å². The van der Waals surface area contributed by atoms with Gasteiger partial charge >= 0.3 is 0 Å². The first-order valence-corrected chi connectivity index (χ1v) is 9.94. The molecule has 0 saturated heterocycles. The number of nitrogens with two attached hydrogens (primary N) is 1. The molecule has 2 amide bonds. The highest BCUT2D eigenvalue weighted by molar-refractivity contribution is 7.88. The predicted octanol–water partition coefficient (Wildman–Crippen LogP) is 1.41. The van der Waals surface area contributed by atoms with E-state index in [4.69, 9.17) is 10.5 Å². The first kappa shape index (κ1) is 21.1. The Kier molecular flexibility index (Phi) is 7.30. The van der Waals surface area contributed by atoms with Gasteiger partial charge in [0.25, 0.3) is 11.8 Å². The molecule has 0 aliphatic rings. The zero-order valence-electron chi connectivity index (χ0n) is 15.1. The Labute approximate surface area is 163 Å². The van der Waals surface area contributed by atoms with E-state index < -0.39 is 21.8 Å². The van der Waals surface area contributed by atoms with Gasteiger partial charge in [-0.1, -0.05) is 30.3 Å². The maximum Gasteiger partial charge on any atom is 0.259 e. The number of carbonyl (C=O) groups is 2. The number of ether oxygens (including phenoxy) is 1. The third-order valence-electron chi connectivity index (χ3n) is 3.52. The lowest BCUT2D eigenvalue weighted by Crippen LogP contribution is -2.25. The van der Waals surface area contributed by atoms with E-state index in [1.807, 2.05) is 0 Å². The molecule has 28 heavy (non-hydrogen) atoms. The smallest absolute Gasteiger partial charge is 0.259 e. The van der Waals surface area contributed by atoms with Crippen LogP contribution in [0.2, 0.25) is 0 Å². The number of para-hydroxylation sites is 1. The van der Waals surface area contributed by atoms with Crippen LogP contribution in [0, 0.1) is 0 Å². The summed E-state index contributed by atoms with van der Waals surface area (Å²) in [4.78, 5) is 23.4. The van der Waals surface area contributed by atoms with Crippen LogP contribution in [0.15, 0.2) is 61.2 Å². The van der Waals surface area contributed by atoms with E-state index in [-0.39, 0.29) is 30.2 Å². The fourth-order valence-electron chi connectivity index (χ4n) is 2.27. The van der Waals surface area contributed by atoms with Crippen molar-refractivity contribution in [2.75, 3.05) is 18.5 Å². The third-order valence-corrected chi connectivity index (χ3v) is 4.84. The number of rotatable bonds is 10. The molecule has 4 N–H and O–H groups in total. The normalized spacial score (nSPS) is 10.9. The zero-order valence-corrected chi connectivity index (χ0v) is 15.9. The number of sulfonamides is 1. The quantitative estimate of drug-likeness (QED) is 0.517. The van der Waals surface area contributed by atoms with E-state index in [0.717, 1.165) is 0 Å². The van der Waals surface area contributed by atoms with Crippen molar-refractivity contribution >= 4 is 27.5 Å². The molecule has 2 aromatic rings. The van der Waals surface area contributed by atoms with E-state index in [1.54, 1.807) is 48.5 Å². The topological polar surface area (TPSA) is 128 Å². The second-order valence-electron chi connectivity index (χ2n) is 5.80. The van der Waals surface area contributed by atoms with Crippen molar-refractivity contribution in [3.63, 3.8) is 0 Å². The zero-order chi connectivity index (χ0) is 20.6. The van der Waals surface area contributed by atoms with Crippen LogP contribution < -0.4 is 20.5 Å². The molecule has 9 heteroatoms. The molecular weight excluding hydrogens is 382 g/mol. The maximum atomic E-state index is 12.5. The Morgan fingerprint density at radius 1 is 1.11 bits per heavy atom. The number of carbonyl (C=O) groups excluding carboxylic acids is 2. The lowest BCUT2D eigenvalue weighted by Gasteiger charge is -2.11. The fraction of sp³-hybridized carbons (Fsp3) is 0.158. The highest BCUT2D eigenvalue weighted by atomic mass is 32.2. The SMILES string of the molecule is C=CCNS(=O)(=O)Cc1ccc(NC(=O)c2ccccc2OCC(N)=O)cc1. The summed E-state index contributed by atoms with van der Waals surface area (Å²) < 4.78 is 31.4. The Hall–Kier alpha value is -3.17. The minimum atomic E-state index is -3.46. The van der Waals surface area contributed by atoms with Crippen molar-refractivity contribution in [3.8, 4) is 5.75 Å². The van der Waals surface area contributed by atoms with Gasteiger partial charge in [-0.2, -0.15) is 0 Å². The summed E-state index contributed by atoms with van der Waals surface area (Å²) in [6.07, 6.45) is 1.46. The van der Waals surface area contributed by atoms with Crippen molar-refractivity contribution in [2.45, 2.75) is 5.75 Å². The van der Waals surface area contributed by atoms with Crippen LogP contribution in [-0.4, -0.2) is 33.4 Å². The second kappa shape index (κ2) is 9.67. The molecule has 0 aliphatic carbocycles. The van der Waals surface area contributed by atoms with E-state index in [1.165, 1.54) is 6.08 Å². The molecule has 0 saturated carbocycles. The molecule has 2 rings (SSSR count). The standard InChI is InChI=1S/C19H21N3O5S/c1-2-11-21-28(25,26)13-14-7-9-15(10-8-14)22-19(24)16-5-3-4-6-17(16)27-12-18(20)23/h2-10,21H,1,11-13H2,(H2,20,23)(H,22,24). The van der Waals surface area contributed by atoms with Crippen LogP contribution in [0.4, 0.5) is 5.69 Å². The van der Waals surface area contributed by atoms with Crippen LogP contribution in [-0.2, 0) is 20.6 Å². The van der Waals surface area contributed by atoms with Gasteiger partial charge in [0.1, 0.15) is 5.75 Å². The maximum absolute atomic E-state index is 12.5. The average Bonchev–Trinajstić information content (AvgIpc) is 2.66. The number of primary amides is 1. The number of nitrogens with one attached hydrogen (secondary N) is 2. The molecule has 8 nitrogen and oxygen atoms in total. The molecule has 0 fully saturated rings. The highest BCUT2D eigenvalue weighted by Gasteiger charge is 2.14. The van der Waals surface area contributed by atoms with E-state index >= 15 is 0 Å². The summed E-state index contributed by atoms with van der Waals surface area (Å²) in [7, 11) is -3.46. The molecule has 0 bridgehead atoms. The van der Waals surface area contributed by atoms with Gasteiger partial charge in [0.05, 0.1) is 11.3 Å². The van der Waals surface area contributed by atoms with Gasteiger partial charge in [-0.25, -0.2) is 13.1 Å². The average molecular weight is 403 g/mol. The fourth-order valence-corrected chi connectivity index (χ4v) is 3.37. The van der Waals surface area contributed by atoms with Gasteiger partial charge < -0.3 is 15.8 Å². The van der Waals surface area contributed by atoms with Gasteiger partial charge in [0.15, 0.2) is 6.61 Å².